The first-order chi connectivity index (χ1) is 12.0. The maximum atomic E-state index is 12.3. The smallest absolute Gasteiger partial charge is 0.378 e. The number of allylic oxidation sites excluding steroid dienone is 1. The van der Waals surface area contributed by atoms with Gasteiger partial charge in [0.05, 0.1) is 19.8 Å². The summed E-state index contributed by atoms with van der Waals surface area (Å²) in [6, 6.07) is 6.35. The van der Waals surface area contributed by atoms with Crippen LogP contribution in [0.4, 0.5) is 5.95 Å². The number of esters is 2. The van der Waals surface area contributed by atoms with Gasteiger partial charge in [-0.25, -0.2) is 14.3 Å². The minimum atomic E-state index is -0.671. The van der Waals surface area contributed by atoms with Crippen molar-refractivity contribution in [3.63, 3.8) is 0 Å². The fourth-order valence-corrected chi connectivity index (χ4v) is 2.78. The van der Waals surface area contributed by atoms with Gasteiger partial charge < -0.3 is 14.8 Å². The average molecular weight is 363 g/mol. The number of ether oxygens (including phenoxy) is 2. The van der Waals surface area contributed by atoms with Crippen LogP contribution in [0.25, 0.3) is 0 Å². The lowest BCUT2D eigenvalue weighted by Gasteiger charge is -2.27. The highest BCUT2D eigenvalue weighted by Crippen LogP contribution is 2.35. The largest absolute Gasteiger partial charge is 0.466 e. The third-order valence-corrected chi connectivity index (χ3v) is 4.06. The van der Waals surface area contributed by atoms with E-state index in [2.05, 4.69) is 20.1 Å². The molecule has 0 saturated carbocycles. The molecular formula is C16H15ClN4O4. The van der Waals surface area contributed by atoms with Crippen molar-refractivity contribution in [1.29, 1.82) is 0 Å². The molecule has 25 heavy (non-hydrogen) atoms. The number of nitrogens with zero attached hydrogens (tertiary/aromatic N) is 3. The number of aromatic nitrogens is 3. The molecule has 8 nitrogen and oxygen atoms in total. The van der Waals surface area contributed by atoms with Crippen LogP contribution in [-0.2, 0) is 14.3 Å². The van der Waals surface area contributed by atoms with Crippen molar-refractivity contribution in [2.45, 2.75) is 13.0 Å². The van der Waals surface area contributed by atoms with Gasteiger partial charge in [0.1, 0.15) is 6.04 Å². The fourth-order valence-electron chi connectivity index (χ4n) is 2.66. The van der Waals surface area contributed by atoms with Crippen LogP contribution >= 0.6 is 11.6 Å². The van der Waals surface area contributed by atoms with Crippen LogP contribution in [0.2, 0.25) is 5.02 Å². The first kappa shape index (κ1) is 17.0. The molecule has 1 N–H and O–H groups in total. The van der Waals surface area contributed by atoms with Gasteiger partial charge in [-0.2, -0.15) is 4.98 Å². The van der Waals surface area contributed by atoms with Crippen LogP contribution in [-0.4, -0.2) is 40.9 Å². The molecule has 2 aromatic rings. The highest BCUT2D eigenvalue weighted by molar-refractivity contribution is 6.30. The Hall–Kier alpha value is -2.87. The predicted octanol–water partition coefficient (Wildman–Crippen LogP) is 2.18. The lowest BCUT2D eigenvalue weighted by molar-refractivity contribution is -0.136. The Morgan fingerprint density at radius 1 is 1.16 bits per heavy atom. The van der Waals surface area contributed by atoms with E-state index in [1.54, 1.807) is 31.2 Å². The van der Waals surface area contributed by atoms with Crippen molar-refractivity contribution < 1.29 is 19.1 Å². The van der Waals surface area contributed by atoms with Crippen molar-refractivity contribution >= 4 is 29.5 Å². The maximum Gasteiger partial charge on any atom is 0.378 e. The highest BCUT2D eigenvalue weighted by Gasteiger charge is 2.35. The van der Waals surface area contributed by atoms with E-state index < -0.39 is 18.0 Å². The predicted molar refractivity (Wildman–Crippen MR) is 89.3 cm³/mol. The molecule has 3 rings (SSSR count). The van der Waals surface area contributed by atoms with Crippen molar-refractivity contribution in [3.05, 3.63) is 51.9 Å². The van der Waals surface area contributed by atoms with Crippen molar-refractivity contribution in [3.8, 4) is 0 Å². The van der Waals surface area contributed by atoms with Crippen LogP contribution in [0, 0.1) is 0 Å². The first-order valence-electron chi connectivity index (χ1n) is 7.32. The summed E-state index contributed by atoms with van der Waals surface area (Å²) >= 11 is 5.96. The molecule has 0 spiro atoms. The van der Waals surface area contributed by atoms with Crippen LogP contribution in [0.15, 0.2) is 35.5 Å². The van der Waals surface area contributed by atoms with Gasteiger partial charge in [0, 0.05) is 10.7 Å². The molecule has 1 aliphatic heterocycles. The minimum absolute atomic E-state index is 0.108. The average Bonchev–Trinajstić information content (AvgIpc) is 3.03. The Labute approximate surface area is 148 Å². The number of hydrogen-bond acceptors (Lipinski definition) is 7. The summed E-state index contributed by atoms with van der Waals surface area (Å²) in [7, 11) is 2.55. The summed E-state index contributed by atoms with van der Waals surface area (Å²) < 4.78 is 11.0. The van der Waals surface area contributed by atoms with E-state index in [9.17, 15) is 9.59 Å². The number of hydrogen-bond donors (Lipinski definition) is 1. The number of carbonyl (C=O) groups is 2. The van der Waals surface area contributed by atoms with Gasteiger partial charge in [0.25, 0.3) is 5.82 Å². The molecule has 9 heteroatoms. The van der Waals surface area contributed by atoms with Gasteiger partial charge in [0.15, 0.2) is 0 Å². The molecular weight excluding hydrogens is 348 g/mol. The third-order valence-electron chi connectivity index (χ3n) is 3.81. The zero-order valence-electron chi connectivity index (χ0n) is 13.7. The maximum absolute atomic E-state index is 12.3. The molecule has 0 bridgehead atoms. The van der Waals surface area contributed by atoms with Crippen molar-refractivity contribution in [2.75, 3.05) is 19.5 Å². The topological polar surface area (TPSA) is 95.3 Å². The molecule has 130 valence electrons. The van der Waals surface area contributed by atoms with Gasteiger partial charge in [-0.1, -0.05) is 23.7 Å². The zero-order valence-corrected chi connectivity index (χ0v) is 14.5. The number of carbonyl (C=O) groups excluding carboxylic acids is 2. The van der Waals surface area contributed by atoms with Crippen LogP contribution in [0.1, 0.15) is 29.1 Å². The number of fused-ring (bicyclic) bond motifs is 1. The molecule has 0 saturated heterocycles. The standard InChI is InChI=1S/C16H15ClN4O4/c1-8-11(14(22)24-2)12(9-4-6-10(17)7-5-9)21-16(18-8)19-13(20-21)15(23)25-3/h4-7,12H,1-3H3,(H,18,19,20)/t12-/m1/s1. The second-order valence-corrected chi connectivity index (χ2v) is 5.74. The van der Waals surface area contributed by atoms with Gasteiger partial charge in [0.2, 0.25) is 5.95 Å². The van der Waals surface area contributed by atoms with Crippen molar-refractivity contribution in [2.24, 2.45) is 0 Å². The van der Waals surface area contributed by atoms with Gasteiger partial charge in [-0.05, 0) is 24.6 Å². The molecule has 1 aromatic heterocycles. The third kappa shape index (κ3) is 2.96. The van der Waals surface area contributed by atoms with Gasteiger partial charge >= 0.3 is 11.9 Å². The summed E-state index contributed by atoms with van der Waals surface area (Å²) in [4.78, 5) is 28.2. The Morgan fingerprint density at radius 3 is 2.40 bits per heavy atom. The second-order valence-electron chi connectivity index (χ2n) is 5.30. The van der Waals surface area contributed by atoms with Gasteiger partial charge in [-0.3, -0.25) is 0 Å². The molecule has 1 atom stereocenters. The number of anilines is 1. The monoisotopic (exact) mass is 362 g/mol. The molecule has 1 aliphatic rings. The first-order valence-corrected chi connectivity index (χ1v) is 7.70. The number of nitrogens with one attached hydrogen (secondary N) is 1. The summed E-state index contributed by atoms with van der Waals surface area (Å²) in [5, 5.41) is 7.73. The van der Waals surface area contributed by atoms with E-state index in [-0.39, 0.29) is 5.82 Å². The van der Waals surface area contributed by atoms with E-state index >= 15 is 0 Å². The van der Waals surface area contributed by atoms with Gasteiger partial charge in [-0.15, -0.1) is 5.10 Å². The van der Waals surface area contributed by atoms with E-state index in [4.69, 9.17) is 16.3 Å². The van der Waals surface area contributed by atoms with E-state index in [1.807, 2.05) is 0 Å². The quantitative estimate of drug-likeness (QED) is 0.836. The normalized spacial score (nSPS) is 16.1. The molecule has 0 unspecified atom stereocenters. The number of benzene rings is 1. The summed E-state index contributed by atoms with van der Waals surface area (Å²) in [6.45, 7) is 1.73. The molecule has 0 fully saturated rings. The molecule has 1 aromatic carbocycles. The van der Waals surface area contributed by atoms with Crippen molar-refractivity contribution in [1.82, 2.24) is 14.8 Å². The molecule has 2 heterocycles. The molecule has 0 amide bonds. The van der Waals surface area contributed by atoms with E-state index in [1.165, 1.54) is 18.9 Å². The van der Waals surface area contributed by atoms with E-state index in [0.29, 0.717) is 22.2 Å². The summed E-state index contributed by atoms with van der Waals surface area (Å²) in [6.07, 6.45) is 0. The zero-order chi connectivity index (χ0) is 18.1. The Bertz CT molecular complexity index is 873. The SMILES string of the molecule is COC(=O)C1=C(C)Nc2nc(C(=O)OC)nn2[C@@H]1c1ccc(Cl)cc1. The number of methoxy groups -OCH3 is 2. The fraction of sp³-hybridized carbons (Fsp3) is 0.250. The number of rotatable bonds is 3. The molecule has 0 radical (unpaired) electrons. The second kappa shape index (κ2) is 6.56. The van der Waals surface area contributed by atoms with Crippen LogP contribution in [0.5, 0.6) is 0 Å². The molecule has 0 aliphatic carbocycles. The number of halogens is 1. The minimum Gasteiger partial charge on any atom is -0.466 e. The van der Waals surface area contributed by atoms with Crippen LogP contribution in [0.3, 0.4) is 0 Å². The van der Waals surface area contributed by atoms with E-state index in [0.717, 1.165) is 5.56 Å². The Morgan fingerprint density at radius 2 is 1.80 bits per heavy atom. The lowest BCUT2D eigenvalue weighted by atomic mass is 9.96. The highest BCUT2D eigenvalue weighted by atomic mass is 35.5. The Kier molecular flexibility index (Phi) is 4.45. The Balaban J connectivity index is 2.18. The lowest BCUT2D eigenvalue weighted by Crippen LogP contribution is -2.29. The van der Waals surface area contributed by atoms with Crippen LogP contribution < -0.4 is 5.32 Å². The summed E-state index contributed by atoms with van der Waals surface area (Å²) in [5.41, 5.74) is 1.66. The summed E-state index contributed by atoms with van der Waals surface area (Å²) in [5.74, 6) is -0.963.